The Balaban J connectivity index is 1.33. The number of carbonyl (C=O) groups is 3. The van der Waals surface area contributed by atoms with Crippen LogP contribution in [0.4, 0.5) is 9.59 Å². The van der Waals surface area contributed by atoms with Crippen LogP contribution >= 0.6 is 0 Å². The lowest BCUT2D eigenvalue weighted by molar-refractivity contribution is -0.129. The molecule has 1 aliphatic heterocycles. The first kappa shape index (κ1) is 38.0. The van der Waals surface area contributed by atoms with Crippen LogP contribution < -0.4 is 10.6 Å². The van der Waals surface area contributed by atoms with Crippen molar-refractivity contribution in [2.24, 2.45) is 5.41 Å². The first-order valence-corrected chi connectivity index (χ1v) is 17.8. The number of carboxylic acid groups (broad SMARTS) is 1. The molecular formula is C41H50N6O5. The van der Waals surface area contributed by atoms with Crippen molar-refractivity contribution in [2.45, 2.75) is 84.7 Å². The quantitative estimate of drug-likeness (QED) is 0.130. The first-order chi connectivity index (χ1) is 24.8. The summed E-state index contributed by atoms with van der Waals surface area (Å²) in [6.45, 7) is 10.8. The van der Waals surface area contributed by atoms with Crippen molar-refractivity contribution in [2.75, 3.05) is 13.1 Å². The van der Waals surface area contributed by atoms with E-state index in [1.54, 1.807) is 9.80 Å². The third-order valence-electron chi connectivity index (χ3n) is 9.43. The Hall–Kier alpha value is -5.29. The van der Waals surface area contributed by atoms with Gasteiger partial charge in [0.2, 0.25) is 5.91 Å². The summed E-state index contributed by atoms with van der Waals surface area (Å²) in [5.74, 6) is -0.326. The molecule has 274 valence electrons. The molecule has 11 heteroatoms. The number of benzene rings is 2. The maximum atomic E-state index is 14.3. The molecule has 52 heavy (non-hydrogen) atoms. The third kappa shape index (κ3) is 10.2. The van der Waals surface area contributed by atoms with Gasteiger partial charge in [-0.05, 0) is 73.4 Å². The van der Waals surface area contributed by atoms with Gasteiger partial charge < -0.3 is 30.6 Å². The standard InChI is InChI=1S/C41H50N6O5/c1-27-14-17-32(25-42-27)31-18-15-30(16-19-31)23-35(45-39(50)51)36(48)24-34(22-29-11-7-6-8-12-29)44-38(49)37(41(3,4)5)47-21-20-46(40(47)52)26-33-13-9-10-28(2)43-33/h6-19,25,34-37,45,48H,20-24,26H2,1-5H3,(H,44,49)(H,50,51)/t34-,35-,36-,37+/m0/s1. The Bertz CT molecular complexity index is 1810. The van der Waals surface area contributed by atoms with Gasteiger partial charge in [0, 0.05) is 42.3 Å². The number of nitrogens with zero attached hydrogens (tertiary/aromatic N) is 4. The van der Waals surface area contributed by atoms with Gasteiger partial charge in [-0.1, -0.05) is 87.5 Å². The molecule has 1 aliphatic rings. The second kappa shape index (κ2) is 16.8. The van der Waals surface area contributed by atoms with E-state index in [4.69, 9.17) is 0 Å². The fraction of sp³-hybridized carbons (Fsp3) is 0.390. The minimum Gasteiger partial charge on any atom is -0.465 e. The monoisotopic (exact) mass is 706 g/mol. The molecule has 4 atom stereocenters. The van der Waals surface area contributed by atoms with E-state index in [1.807, 2.05) is 126 Å². The van der Waals surface area contributed by atoms with Gasteiger partial charge in [0.05, 0.1) is 24.4 Å². The number of aryl methyl sites for hydroxylation is 2. The molecule has 2 aromatic heterocycles. The normalized spacial score (nSPS) is 15.5. The Morgan fingerprint density at radius 2 is 1.52 bits per heavy atom. The molecule has 0 aliphatic carbocycles. The molecule has 4 aromatic rings. The van der Waals surface area contributed by atoms with Crippen LogP contribution in [0.25, 0.3) is 11.1 Å². The molecule has 0 saturated carbocycles. The van der Waals surface area contributed by atoms with Crippen LogP contribution in [0.1, 0.15) is 55.4 Å². The number of aliphatic hydroxyl groups excluding tert-OH is 1. The van der Waals surface area contributed by atoms with Crippen LogP contribution in [0, 0.1) is 19.3 Å². The van der Waals surface area contributed by atoms with Crippen molar-refractivity contribution in [1.82, 2.24) is 30.4 Å². The number of hydrogen-bond acceptors (Lipinski definition) is 6. The summed E-state index contributed by atoms with van der Waals surface area (Å²) >= 11 is 0. The molecule has 5 rings (SSSR count). The predicted molar refractivity (Wildman–Crippen MR) is 200 cm³/mol. The largest absolute Gasteiger partial charge is 0.465 e. The smallest absolute Gasteiger partial charge is 0.404 e. The minimum absolute atomic E-state index is 0.0780. The Kier molecular flexibility index (Phi) is 12.3. The van der Waals surface area contributed by atoms with Gasteiger partial charge in [-0.2, -0.15) is 0 Å². The van der Waals surface area contributed by atoms with Gasteiger partial charge in [-0.15, -0.1) is 0 Å². The van der Waals surface area contributed by atoms with Gasteiger partial charge in [-0.25, -0.2) is 9.59 Å². The van der Waals surface area contributed by atoms with Gasteiger partial charge in [0.25, 0.3) is 0 Å². The van der Waals surface area contributed by atoms with Crippen LogP contribution in [0.2, 0.25) is 0 Å². The zero-order valence-electron chi connectivity index (χ0n) is 30.6. The van der Waals surface area contributed by atoms with Crippen molar-refractivity contribution in [3.63, 3.8) is 0 Å². The van der Waals surface area contributed by atoms with E-state index in [-0.39, 0.29) is 24.8 Å². The molecule has 0 bridgehead atoms. The van der Waals surface area contributed by atoms with E-state index in [2.05, 4.69) is 20.6 Å². The summed E-state index contributed by atoms with van der Waals surface area (Å²) in [5, 5.41) is 27.0. The van der Waals surface area contributed by atoms with Crippen LogP contribution in [0.5, 0.6) is 0 Å². The number of urea groups is 1. The lowest BCUT2D eigenvalue weighted by Gasteiger charge is -2.38. The van der Waals surface area contributed by atoms with E-state index in [0.29, 0.717) is 26.1 Å². The average molecular weight is 707 g/mol. The van der Waals surface area contributed by atoms with Crippen LogP contribution in [0.3, 0.4) is 0 Å². The molecule has 11 nitrogen and oxygen atoms in total. The summed E-state index contributed by atoms with van der Waals surface area (Å²) in [4.78, 5) is 52.2. The van der Waals surface area contributed by atoms with Gasteiger partial charge >= 0.3 is 12.1 Å². The minimum atomic E-state index is -1.25. The maximum Gasteiger partial charge on any atom is 0.404 e. The molecule has 1 fully saturated rings. The highest BCUT2D eigenvalue weighted by atomic mass is 16.4. The summed E-state index contributed by atoms with van der Waals surface area (Å²) < 4.78 is 0. The summed E-state index contributed by atoms with van der Waals surface area (Å²) in [6, 6.07) is 24.6. The molecule has 1 saturated heterocycles. The lowest BCUT2D eigenvalue weighted by Crippen LogP contribution is -2.57. The van der Waals surface area contributed by atoms with Gasteiger partial charge in [0.15, 0.2) is 0 Å². The zero-order chi connectivity index (χ0) is 37.4. The molecular weight excluding hydrogens is 656 g/mol. The zero-order valence-corrected chi connectivity index (χ0v) is 30.6. The van der Waals surface area contributed by atoms with Crippen molar-refractivity contribution in [3.8, 4) is 11.1 Å². The van der Waals surface area contributed by atoms with Gasteiger partial charge in [0.1, 0.15) is 6.04 Å². The molecule has 4 amide bonds. The number of nitrogens with one attached hydrogen (secondary N) is 2. The maximum absolute atomic E-state index is 14.3. The lowest BCUT2D eigenvalue weighted by atomic mass is 9.84. The second-order valence-electron chi connectivity index (χ2n) is 14.8. The number of carbonyl (C=O) groups excluding carboxylic acids is 2. The first-order valence-electron chi connectivity index (χ1n) is 17.8. The Morgan fingerprint density at radius 3 is 2.15 bits per heavy atom. The van der Waals surface area contributed by atoms with Gasteiger partial charge in [-0.3, -0.25) is 14.8 Å². The Labute approximate surface area is 306 Å². The van der Waals surface area contributed by atoms with E-state index in [0.717, 1.165) is 39.3 Å². The number of amides is 4. The van der Waals surface area contributed by atoms with Crippen molar-refractivity contribution in [3.05, 3.63) is 119 Å². The van der Waals surface area contributed by atoms with E-state index >= 15 is 0 Å². The SMILES string of the molecule is Cc1ccc(-c2ccc(C[C@H](NC(=O)O)[C@@H](O)C[C@H](Cc3ccccc3)NC(=O)[C@@H](N3CCN(Cc4cccc(C)n4)C3=O)C(C)(C)C)cc2)cn1. The second-order valence-corrected chi connectivity index (χ2v) is 14.8. The molecule has 0 radical (unpaired) electrons. The average Bonchev–Trinajstić information content (AvgIpc) is 3.43. The van der Waals surface area contributed by atoms with Crippen molar-refractivity contribution in [1.29, 1.82) is 0 Å². The summed E-state index contributed by atoms with van der Waals surface area (Å²) in [5.41, 5.74) is 5.71. The molecule has 0 unspecified atom stereocenters. The predicted octanol–water partition coefficient (Wildman–Crippen LogP) is 5.77. The number of hydrogen-bond donors (Lipinski definition) is 4. The Morgan fingerprint density at radius 1 is 0.827 bits per heavy atom. The highest BCUT2D eigenvalue weighted by molar-refractivity contribution is 5.89. The highest BCUT2D eigenvalue weighted by Gasteiger charge is 2.44. The van der Waals surface area contributed by atoms with E-state index in [9.17, 15) is 24.6 Å². The van der Waals surface area contributed by atoms with Crippen LogP contribution in [-0.2, 0) is 24.2 Å². The topological polar surface area (TPSA) is 148 Å². The molecule has 2 aromatic carbocycles. The van der Waals surface area contributed by atoms with E-state index < -0.39 is 35.7 Å². The van der Waals surface area contributed by atoms with E-state index in [1.165, 1.54) is 0 Å². The number of pyridine rings is 2. The summed E-state index contributed by atoms with van der Waals surface area (Å²) in [7, 11) is 0. The molecule has 0 spiro atoms. The van der Waals surface area contributed by atoms with Crippen molar-refractivity contribution >= 4 is 18.0 Å². The van der Waals surface area contributed by atoms with Crippen molar-refractivity contribution < 1.29 is 24.6 Å². The third-order valence-corrected chi connectivity index (χ3v) is 9.43. The van der Waals surface area contributed by atoms with Crippen LogP contribution in [0.15, 0.2) is 91.1 Å². The number of aliphatic hydroxyl groups is 1. The van der Waals surface area contributed by atoms with Crippen LogP contribution in [-0.4, -0.2) is 85.3 Å². The molecule has 4 N–H and O–H groups in total. The highest BCUT2D eigenvalue weighted by Crippen LogP contribution is 2.29. The summed E-state index contributed by atoms with van der Waals surface area (Å²) in [6.07, 6.45) is 0.149. The number of rotatable bonds is 14. The fourth-order valence-electron chi connectivity index (χ4n) is 6.87. The number of aromatic nitrogens is 2. The molecule has 3 heterocycles. The fourth-order valence-corrected chi connectivity index (χ4v) is 6.87.